The molecule has 0 aliphatic carbocycles. The lowest BCUT2D eigenvalue weighted by Gasteiger charge is -2.44. The van der Waals surface area contributed by atoms with Gasteiger partial charge in [-0.1, -0.05) is 12.1 Å². The second-order valence-electron chi connectivity index (χ2n) is 7.87. The van der Waals surface area contributed by atoms with Crippen LogP contribution in [0.2, 0.25) is 0 Å². The van der Waals surface area contributed by atoms with Gasteiger partial charge in [-0.05, 0) is 50.4 Å². The van der Waals surface area contributed by atoms with Gasteiger partial charge in [0.2, 0.25) is 5.91 Å². The highest BCUT2D eigenvalue weighted by atomic mass is 35.5. The summed E-state index contributed by atoms with van der Waals surface area (Å²) >= 11 is 0. The molecule has 2 saturated heterocycles. The summed E-state index contributed by atoms with van der Waals surface area (Å²) in [5, 5.41) is 10.1. The van der Waals surface area contributed by atoms with Gasteiger partial charge in [-0.2, -0.15) is 0 Å². The maximum absolute atomic E-state index is 12.8. The van der Waals surface area contributed by atoms with Crippen molar-refractivity contribution in [3.05, 3.63) is 29.8 Å². The predicted molar refractivity (Wildman–Crippen MR) is 105 cm³/mol. The van der Waals surface area contributed by atoms with Crippen molar-refractivity contribution in [2.24, 2.45) is 11.3 Å². The van der Waals surface area contributed by atoms with Crippen LogP contribution in [0.1, 0.15) is 25.8 Å². The largest absolute Gasteiger partial charge is 0.497 e. The molecule has 2 aliphatic rings. The van der Waals surface area contributed by atoms with Crippen molar-refractivity contribution in [3.8, 4) is 5.75 Å². The number of amides is 1. The van der Waals surface area contributed by atoms with Gasteiger partial charge < -0.3 is 19.6 Å². The zero-order valence-corrected chi connectivity index (χ0v) is 16.8. The molecule has 2 atom stereocenters. The summed E-state index contributed by atoms with van der Waals surface area (Å²) < 4.78 is 5.24. The quantitative estimate of drug-likeness (QED) is 0.848. The Balaban J connectivity index is 0.00000243. The number of halogens is 1. The smallest absolute Gasteiger partial charge is 0.227 e. The van der Waals surface area contributed by atoms with E-state index < -0.39 is 0 Å². The molecule has 0 unspecified atom stereocenters. The van der Waals surface area contributed by atoms with Gasteiger partial charge in [0.1, 0.15) is 5.75 Å². The maximum Gasteiger partial charge on any atom is 0.227 e. The molecule has 1 aromatic carbocycles. The minimum atomic E-state index is -0.160. The van der Waals surface area contributed by atoms with Gasteiger partial charge in [0.25, 0.3) is 0 Å². The monoisotopic (exact) mass is 382 g/mol. The Morgan fingerprint density at radius 1 is 1.38 bits per heavy atom. The van der Waals surface area contributed by atoms with Crippen molar-refractivity contribution in [2.45, 2.75) is 32.7 Å². The molecule has 2 fully saturated rings. The highest BCUT2D eigenvalue weighted by Crippen LogP contribution is 2.42. The Bertz CT molecular complexity index is 625. The lowest BCUT2D eigenvalue weighted by molar-refractivity contribution is -0.130. The second-order valence-corrected chi connectivity index (χ2v) is 7.87. The number of piperidine rings is 1. The Hall–Kier alpha value is -1.30. The van der Waals surface area contributed by atoms with E-state index in [0.717, 1.165) is 37.4 Å². The standard InChI is InChI=1S/C20H30N2O3.ClH/c1-15(2)21-8-7-17-11-22(13-20(17,12-21)14-23)19(24)10-16-5-4-6-18(9-16)25-3;/h4-6,9,15,17,23H,7-8,10-14H2,1-3H3;1H/t17-,20+;/m1./s1. The molecule has 2 aliphatic heterocycles. The minimum absolute atomic E-state index is 0. The molecule has 1 amide bonds. The van der Waals surface area contributed by atoms with Gasteiger partial charge in [-0.15, -0.1) is 12.4 Å². The van der Waals surface area contributed by atoms with Crippen LogP contribution in [0.25, 0.3) is 0 Å². The fraction of sp³-hybridized carbons (Fsp3) is 0.650. The van der Waals surface area contributed by atoms with Gasteiger partial charge in [-0.25, -0.2) is 0 Å². The molecule has 2 heterocycles. The molecule has 26 heavy (non-hydrogen) atoms. The van der Waals surface area contributed by atoms with Crippen LogP contribution in [-0.2, 0) is 11.2 Å². The van der Waals surface area contributed by atoms with E-state index in [1.165, 1.54) is 0 Å². The van der Waals surface area contributed by atoms with E-state index in [-0.39, 0.29) is 30.3 Å². The van der Waals surface area contributed by atoms with E-state index in [1.54, 1.807) is 7.11 Å². The van der Waals surface area contributed by atoms with E-state index in [9.17, 15) is 9.90 Å². The molecule has 5 nitrogen and oxygen atoms in total. The van der Waals surface area contributed by atoms with Gasteiger partial charge in [0.15, 0.2) is 0 Å². The summed E-state index contributed by atoms with van der Waals surface area (Å²) in [5.41, 5.74) is 0.813. The Kier molecular flexibility index (Phi) is 6.94. The molecular weight excluding hydrogens is 352 g/mol. The molecule has 0 radical (unpaired) electrons. The van der Waals surface area contributed by atoms with Gasteiger partial charge in [0, 0.05) is 31.1 Å². The number of carbonyl (C=O) groups excluding carboxylic acids is 1. The number of carbonyl (C=O) groups is 1. The summed E-state index contributed by atoms with van der Waals surface area (Å²) in [5.74, 6) is 1.33. The van der Waals surface area contributed by atoms with Crippen LogP contribution < -0.4 is 4.74 Å². The number of fused-ring (bicyclic) bond motifs is 1. The van der Waals surface area contributed by atoms with Crippen LogP contribution in [0.4, 0.5) is 0 Å². The number of likely N-dealkylation sites (tertiary alicyclic amines) is 2. The number of nitrogens with zero attached hydrogens (tertiary/aromatic N) is 2. The number of hydrogen-bond acceptors (Lipinski definition) is 4. The fourth-order valence-electron chi connectivity index (χ4n) is 4.34. The third-order valence-corrected chi connectivity index (χ3v) is 5.98. The van der Waals surface area contributed by atoms with E-state index in [0.29, 0.717) is 24.9 Å². The summed E-state index contributed by atoms with van der Waals surface area (Å²) in [6.07, 6.45) is 1.45. The van der Waals surface area contributed by atoms with Crippen LogP contribution >= 0.6 is 12.4 Å². The zero-order valence-electron chi connectivity index (χ0n) is 16.0. The average Bonchev–Trinajstić information content (AvgIpc) is 3.01. The number of rotatable bonds is 5. The number of aliphatic hydroxyl groups excluding tert-OH is 1. The number of hydrogen-bond donors (Lipinski definition) is 1. The van der Waals surface area contributed by atoms with Gasteiger partial charge in [0.05, 0.1) is 20.1 Å². The predicted octanol–water partition coefficient (Wildman–Crippen LogP) is 2.21. The first-order chi connectivity index (χ1) is 12.0. The minimum Gasteiger partial charge on any atom is -0.497 e. The summed E-state index contributed by atoms with van der Waals surface area (Å²) in [4.78, 5) is 17.2. The highest BCUT2D eigenvalue weighted by Gasteiger charge is 2.50. The number of aliphatic hydroxyl groups is 1. The number of benzene rings is 1. The fourth-order valence-corrected chi connectivity index (χ4v) is 4.34. The molecule has 146 valence electrons. The van der Waals surface area contributed by atoms with Crippen LogP contribution in [0.3, 0.4) is 0 Å². The normalized spacial score (nSPS) is 25.7. The molecule has 0 bridgehead atoms. The molecule has 3 rings (SSSR count). The van der Waals surface area contributed by atoms with Crippen molar-refractivity contribution < 1.29 is 14.6 Å². The van der Waals surface area contributed by atoms with Crippen molar-refractivity contribution in [1.29, 1.82) is 0 Å². The van der Waals surface area contributed by atoms with Crippen LogP contribution in [-0.4, -0.2) is 66.8 Å². The topological polar surface area (TPSA) is 53.0 Å². The van der Waals surface area contributed by atoms with Gasteiger partial charge in [-0.3, -0.25) is 4.79 Å². The van der Waals surface area contributed by atoms with E-state index in [2.05, 4.69) is 18.7 Å². The Morgan fingerprint density at radius 2 is 2.15 bits per heavy atom. The summed E-state index contributed by atoms with van der Waals surface area (Å²) in [6.45, 7) is 7.94. The highest BCUT2D eigenvalue weighted by molar-refractivity contribution is 5.85. The molecule has 0 saturated carbocycles. The first-order valence-corrected chi connectivity index (χ1v) is 9.23. The van der Waals surface area contributed by atoms with E-state index in [1.807, 2.05) is 29.2 Å². The lowest BCUT2D eigenvalue weighted by atomic mass is 9.73. The first-order valence-electron chi connectivity index (χ1n) is 9.23. The SMILES string of the molecule is COc1cccc(CC(=O)N2C[C@H]3CCN(C(C)C)C[C@@]3(CO)C2)c1.Cl. The van der Waals surface area contributed by atoms with E-state index in [4.69, 9.17) is 4.74 Å². The third kappa shape index (κ3) is 4.16. The maximum atomic E-state index is 12.8. The third-order valence-electron chi connectivity index (χ3n) is 5.98. The molecular formula is C20H31ClN2O3. The zero-order chi connectivity index (χ0) is 18.0. The van der Waals surface area contributed by atoms with Crippen LogP contribution in [0.5, 0.6) is 5.75 Å². The molecule has 0 aromatic heterocycles. The van der Waals surface area contributed by atoms with Crippen molar-refractivity contribution in [1.82, 2.24) is 9.80 Å². The van der Waals surface area contributed by atoms with Crippen molar-refractivity contribution in [2.75, 3.05) is 39.9 Å². The summed E-state index contributed by atoms with van der Waals surface area (Å²) in [6, 6.07) is 8.17. The Morgan fingerprint density at radius 3 is 2.81 bits per heavy atom. The van der Waals surface area contributed by atoms with Crippen LogP contribution in [0, 0.1) is 11.3 Å². The molecule has 6 heteroatoms. The number of methoxy groups -OCH3 is 1. The molecule has 0 spiro atoms. The van der Waals surface area contributed by atoms with Crippen LogP contribution in [0.15, 0.2) is 24.3 Å². The lowest BCUT2D eigenvalue weighted by Crippen LogP contribution is -2.52. The summed E-state index contributed by atoms with van der Waals surface area (Å²) in [7, 11) is 1.64. The van der Waals surface area contributed by atoms with E-state index >= 15 is 0 Å². The van der Waals surface area contributed by atoms with Gasteiger partial charge >= 0.3 is 0 Å². The molecule has 1 N–H and O–H groups in total. The van der Waals surface area contributed by atoms with Crippen molar-refractivity contribution >= 4 is 18.3 Å². The first kappa shape index (κ1) is 21.0. The average molecular weight is 383 g/mol. The number of ether oxygens (including phenoxy) is 1. The van der Waals surface area contributed by atoms with Crippen molar-refractivity contribution in [3.63, 3.8) is 0 Å². The second kappa shape index (κ2) is 8.59. The Labute approximate surface area is 162 Å². The molecule has 1 aromatic rings.